The number of hydrogen-bond donors (Lipinski definition) is 0. The summed E-state index contributed by atoms with van der Waals surface area (Å²) in [5, 5.41) is 2.86. The van der Waals surface area contributed by atoms with Gasteiger partial charge in [-0.3, -0.25) is 4.79 Å². The molecule has 4 heteroatoms. The molecular formula is C20H13ClO3. The summed E-state index contributed by atoms with van der Waals surface area (Å²) in [6.45, 7) is 0.435. The normalized spacial score (nSPS) is 11.0. The molecule has 0 fully saturated rings. The quantitative estimate of drug-likeness (QED) is 0.517. The van der Waals surface area contributed by atoms with E-state index < -0.39 is 0 Å². The Morgan fingerprint density at radius 3 is 2.71 bits per heavy atom. The van der Waals surface area contributed by atoms with Crippen LogP contribution >= 0.6 is 11.6 Å². The Morgan fingerprint density at radius 1 is 0.958 bits per heavy atom. The van der Waals surface area contributed by atoms with Crippen LogP contribution in [0, 0.1) is 0 Å². The van der Waals surface area contributed by atoms with Crippen molar-refractivity contribution in [1.29, 1.82) is 0 Å². The molecule has 0 bridgehead atoms. The van der Waals surface area contributed by atoms with Gasteiger partial charge in [0.05, 0.1) is 5.39 Å². The van der Waals surface area contributed by atoms with Gasteiger partial charge in [0.1, 0.15) is 29.2 Å². The van der Waals surface area contributed by atoms with Gasteiger partial charge in [-0.2, -0.15) is 0 Å². The van der Waals surface area contributed by atoms with Gasteiger partial charge in [-0.05, 0) is 28.5 Å². The summed E-state index contributed by atoms with van der Waals surface area (Å²) < 4.78 is 11.3. The summed E-state index contributed by atoms with van der Waals surface area (Å²) in [5.41, 5.74) is 1.32. The number of hydrogen-bond acceptors (Lipinski definition) is 3. The molecule has 0 saturated carbocycles. The third kappa shape index (κ3) is 2.63. The molecule has 1 aromatic heterocycles. The summed E-state index contributed by atoms with van der Waals surface area (Å²) >= 11 is 5.79. The number of benzene rings is 3. The third-order valence-electron chi connectivity index (χ3n) is 3.98. The van der Waals surface area contributed by atoms with Crippen LogP contribution in [0.5, 0.6) is 5.75 Å². The Bertz CT molecular complexity index is 1090. The average molecular weight is 337 g/mol. The zero-order valence-electron chi connectivity index (χ0n) is 12.7. The summed E-state index contributed by atoms with van der Waals surface area (Å²) in [7, 11) is 0. The van der Waals surface area contributed by atoms with Crippen LogP contribution in [-0.4, -0.2) is 0 Å². The fourth-order valence-corrected chi connectivity index (χ4v) is 2.90. The predicted octanol–water partition coefficient (Wildman–Crippen LogP) is 5.18. The van der Waals surface area contributed by atoms with E-state index in [4.69, 9.17) is 20.8 Å². The minimum atomic E-state index is -0.237. The highest BCUT2D eigenvalue weighted by Gasteiger charge is 2.07. The Balaban J connectivity index is 1.65. The van der Waals surface area contributed by atoms with Gasteiger partial charge < -0.3 is 9.15 Å². The van der Waals surface area contributed by atoms with E-state index in [1.54, 1.807) is 18.2 Å². The first kappa shape index (κ1) is 14.8. The van der Waals surface area contributed by atoms with Crippen LogP contribution in [0.3, 0.4) is 0 Å². The first-order chi connectivity index (χ1) is 11.7. The maximum atomic E-state index is 11.9. The van der Waals surface area contributed by atoms with Crippen LogP contribution in [0.15, 0.2) is 76.1 Å². The summed E-state index contributed by atoms with van der Waals surface area (Å²) in [6.07, 6.45) is 1.25. The zero-order chi connectivity index (χ0) is 16.5. The van der Waals surface area contributed by atoms with E-state index in [9.17, 15) is 4.79 Å². The lowest BCUT2D eigenvalue weighted by atomic mass is 10.1. The Hall–Kier alpha value is -2.78. The number of rotatable bonds is 3. The number of halogens is 1. The van der Waals surface area contributed by atoms with Gasteiger partial charge in [0.15, 0.2) is 0 Å². The van der Waals surface area contributed by atoms with Crippen molar-refractivity contribution in [3.8, 4) is 5.75 Å². The van der Waals surface area contributed by atoms with Crippen molar-refractivity contribution < 1.29 is 9.15 Å². The monoisotopic (exact) mass is 336 g/mol. The van der Waals surface area contributed by atoms with E-state index in [1.807, 2.05) is 24.3 Å². The second kappa shape index (κ2) is 6.02. The highest BCUT2D eigenvalue weighted by molar-refractivity contribution is 6.30. The molecule has 0 N–H and O–H groups in total. The molecule has 1 heterocycles. The zero-order valence-corrected chi connectivity index (χ0v) is 13.4. The third-order valence-corrected chi connectivity index (χ3v) is 4.24. The molecule has 0 spiro atoms. The molecule has 0 aliphatic carbocycles. The first-order valence-electron chi connectivity index (χ1n) is 7.53. The molecule has 3 aromatic carbocycles. The van der Waals surface area contributed by atoms with Crippen LogP contribution in [0.4, 0.5) is 0 Å². The lowest BCUT2D eigenvalue weighted by molar-refractivity contribution is 0.307. The van der Waals surface area contributed by atoms with Gasteiger partial charge in [-0.1, -0.05) is 54.1 Å². The van der Waals surface area contributed by atoms with Gasteiger partial charge in [-0.15, -0.1) is 0 Å². The fraction of sp³-hybridized carbons (Fsp3) is 0.0500. The van der Waals surface area contributed by atoms with Gasteiger partial charge in [0.25, 0.3) is 0 Å². The molecule has 0 amide bonds. The molecule has 0 atom stereocenters. The van der Waals surface area contributed by atoms with E-state index in [0.717, 1.165) is 5.56 Å². The lowest BCUT2D eigenvalue weighted by Gasteiger charge is -2.09. The molecule has 0 saturated heterocycles. The Morgan fingerprint density at radius 2 is 1.79 bits per heavy atom. The van der Waals surface area contributed by atoms with E-state index in [0.29, 0.717) is 23.3 Å². The van der Waals surface area contributed by atoms with Crippen molar-refractivity contribution in [3.05, 3.63) is 87.7 Å². The first-order valence-corrected chi connectivity index (χ1v) is 7.91. The van der Waals surface area contributed by atoms with Gasteiger partial charge in [0, 0.05) is 6.07 Å². The SMILES string of the molecule is O=c1c(Cl)coc2cc(OCc3cccc4ccccc34)ccc12. The summed E-state index contributed by atoms with van der Waals surface area (Å²) in [5.74, 6) is 0.640. The summed E-state index contributed by atoms with van der Waals surface area (Å²) in [6, 6.07) is 19.5. The van der Waals surface area contributed by atoms with Crippen molar-refractivity contribution in [2.45, 2.75) is 6.61 Å². The fourth-order valence-electron chi connectivity index (χ4n) is 2.75. The second-order valence-electron chi connectivity index (χ2n) is 5.50. The molecule has 4 aromatic rings. The van der Waals surface area contributed by atoms with Crippen LogP contribution in [0.2, 0.25) is 5.02 Å². The van der Waals surface area contributed by atoms with Crippen molar-refractivity contribution in [2.75, 3.05) is 0 Å². The highest BCUT2D eigenvalue weighted by Crippen LogP contribution is 2.23. The van der Waals surface area contributed by atoms with E-state index >= 15 is 0 Å². The lowest BCUT2D eigenvalue weighted by Crippen LogP contribution is -2.01. The number of fused-ring (bicyclic) bond motifs is 2. The van der Waals surface area contributed by atoms with Crippen LogP contribution in [0.25, 0.3) is 21.7 Å². The number of ether oxygens (including phenoxy) is 1. The van der Waals surface area contributed by atoms with Gasteiger partial charge >= 0.3 is 0 Å². The maximum absolute atomic E-state index is 11.9. The molecular weight excluding hydrogens is 324 g/mol. The van der Waals surface area contributed by atoms with Gasteiger partial charge in [-0.25, -0.2) is 0 Å². The molecule has 4 rings (SSSR count). The molecule has 118 valence electrons. The predicted molar refractivity (Wildman–Crippen MR) is 95.8 cm³/mol. The summed E-state index contributed by atoms with van der Waals surface area (Å²) in [4.78, 5) is 11.9. The Kier molecular flexibility index (Phi) is 3.71. The largest absolute Gasteiger partial charge is 0.489 e. The van der Waals surface area contributed by atoms with E-state index in [2.05, 4.69) is 18.2 Å². The van der Waals surface area contributed by atoms with Crippen molar-refractivity contribution in [1.82, 2.24) is 0 Å². The molecule has 0 aliphatic heterocycles. The van der Waals surface area contributed by atoms with Crippen molar-refractivity contribution in [2.24, 2.45) is 0 Å². The van der Waals surface area contributed by atoms with Gasteiger partial charge in [0.2, 0.25) is 5.43 Å². The molecule has 24 heavy (non-hydrogen) atoms. The Labute approximate surface area is 143 Å². The van der Waals surface area contributed by atoms with Crippen LogP contribution in [0.1, 0.15) is 5.56 Å². The molecule has 0 unspecified atom stereocenters. The van der Waals surface area contributed by atoms with E-state index in [1.165, 1.54) is 17.0 Å². The smallest absolute Gasteiger partial charge is 0.211 e. The standard InChI is InChI=1S/C20H13ClO3/c21-18-12-24-19-10-15(8-9-17(19)20(18)22)23-11-14-6-3-5-13-4-1-2-7-16(13)14/h1-10,12H,11H2. The van der Waals surface area contributed by atoms with Crippen LogP contribution < -0.4 is 10.2 Å². The topological polar surface area (TPSA) is 39.4 Å². The van der Waals surface area contributed by atoms with Crippen molar-refractivity contribution >= 4 is 33.3 Å². The average Bonchev–Trinajstić information content (AvgIpc) is 2.63. The van der Waals surface area contributed by atoms with Crippen molar-refractivity contribution in [3.63, 3.8) is 0 Å². The minimum absolute atomic E-state index is 0.0759. The van der Waals surface area contributed by atoms with E-state index in [-0.39, 0.29) is 10.5 Å². The minimum Gasteiger partial charge on any atom is -0.489 e. The molecule has 0 aliphatic rings. The highest BCUT2D eigenvalue weighted by atomic mass is 35.5. The second-order valence-corrected chi connectivity index (χ2v) is 5.90. The van der Waals surface area contributed by atoms with Crippen LogP contribution in [-0.2, 0) is 6.61 Å². The molecule has 0 radical (unpaired) electrons. The maximum Gasteiger partial charge on any atom is 0.211 e. The molecule has 3 nitrogen and oxygen atoms in total.